The summed E-state index contributed by atoms with van der Waals surface area (Å²) in [4.78, 5) is 22.9. The van der Waals surface area contributed by atoms with Crippen molar-refractivity contribution >= 4 is 34.8 Å². The highest BCUT2D eigenvalue weighted by molar-refractivity contribution is 6.30. The van der Waals surface area contributed by atoms with E-state index in [9.17, 15) is 14.3 Å². The van der Waals surface area contributed by atoms with E-state index in [1.165, 1.54) is 24.5 Å². The molecule has 3 rings (SSSR count). The van der Waals surface area contributed by atoms with Crippen LogP contribution in [0.15, 0.2) is 36.7 Å². The van der Waals surface area contributed by atoms with Gasteiger partial charge in [-0.25, -0.2) is 14.4 Å². The molecule has 3 aromatic rings. The second-order valence-electron chi connectivity index (χ2n) is 7.78. The molecule has 11 heteroatoms. The summed E-state index contributed by atoms with van der Waals surface area (Å²) >= 11 is 6.04. The summed E-state index contributed by atoms with van der Waals surface area (Å²) in [5.41, 5.74) is 1.62. The van der Waals surface area contributed by atoms with Crippen LogP contribution in [0.5, 0.6) is 0 Å². The Bertz CT molecular complexity index is 1140. The third kappa shape index (κ3) is 7.64. The number of aliphatic hydroxyl groups is 1. The lowest BCUT2D eigenvalue weighted by molar-refractivity contribution is -0.116. The average Bonchev–Trinajstić information content (AvgIpc) is 2.85. The van der Waals surface area contributed by atoms with Crippen LogP contribution in [0.1, 0.15) is 32.4 Å². The predicted molar refractivity (Wildman–Crippen MR) is 134 cm³/mol. The number of amides is 1. The van der Waals surface area contributed by atoms with Gasteiger partial charge in [-0.3, -0.25) is 4.79 Å². The first-order valence-corrected chi connectivity index (χ1v) is 11.8. The normalized spacial score (nSPS) is 11.0. The van der Waals surface area contributed by atoms with Crippen molar-refractivity contribution in [1.82, 2.24) is 25.1 Å². The minimum absolute atomic E-state index is 0.0109. The van der Waals surface area contributed by atoms with Gasteiger partial charge in [-0.15, -0.1) is 5.10 Å². The summed E-state index contributed by atoms with van der Waals surface area (Å²) in [6.45, 7) is 6.52. The van der Waals surface area contributed by atoms with Crippen molar-refractivity contribution in [3.05, 3.63) is 53.2 Å². The molecule has 3 N–H and O–H groups in total. The number of nitrogens with zero attached hydrogens (tertiary/aromatic N) is 5. The number of anilines is 3. The summed E-state index contributed by atoms with van der Waals surface area (Å²) in [5, 5.41) is 23.9. The third-order valence-corrected chi connectivity index (χ3v) is 5.63. The molecule has 2 aromatic heterocycles. The van der Waals surface area contributed by atoms with Crippen molar-refractivity contribution in [2.24, 2.45) is 0 Å². The summed E-state index contributed by atoms with van der Waals surface area (Å²) in [5.74, 6) is 0.144. The maximum absolute atomic E-state index is 14.4. The Balaban J connectivity index is 1.81. The smallest absolute Gasteiger partial charge is 0.226 e. The standard InChI is InChI=1S/C24H29ClFN7O2/c1-3-33(4-2)10-9-24(35)30-23-14-22(27-15-28-23)29-21-13-20(32-31-19(21)6-5-11-34)17-12-16(25)7-8-18(17)26/h7-8,12-15,34H,3-6,9-11H2,1-2H3,(H2,27,28,29,30,32,35). The van der Waals surface area contributed by atoms with Crippen LogP contribution in [-0.2, 0) is 11.2 Å². The molecule has 0 saturated carbocycles. The molecule has 0 aliphatic rings. The number of carbonyl (C=O) groups is 1. The number of benzene rings is 1. The minimum Gasteiger partial charge on any atom is -0.396 e. The second kappa shape index (κ2) is 13.0. The van der Waals surface area contributed by atoms with Gasteiger partial charge in [0.2, 0.25) is 5.91 Å². The molecule has 0 unspecified atom stereocenters. The molecule has 0 spiro atoms. The Labute approximate surface area is 208 Å². The molecule has 186 valence electrons. The van der Waals surface area contributed by atoms with Gasteiger partial charge in [-0.05, 0) is 50.2 Å². The maximum atomic E-state index is 14.4. The first-order valence-electron chi connectivity index (χ1n) is 11.5. The van der Waals surface area contributed by atoms with E-state index in [0.717, 1.165) is 13.1 Å². The van der Waals surface area contributed by atoms with Gasteiger partial charge in [-0.1, -0.05) is 25.4 Å². The van der Waals surface area contributed by atoms with E-state index in [4.69, 9.17) is 11.6 Å². The summed E-state index contributed by atoms with van der Waals surface area (Å²) in [7, 11) is 0. The van der Waals surface area contributed by atoms with Crippen LogP contribution in [0.3, 0.4) is 0 Å². The summed E-state index contributed by atoms with van der Waals surface area (Å²) in [6, 6.07) is 7.46. The van der Waals surface area contributed by atoms with Gasteiger partial charge < -0.3 is 20.6 Å². The van der Waals surface area contributed by atoms with Gasteiger partial charge in [-0.2, -0.15) is 5.10 Å². The van der Waals surface area contributed by atoms with Crippen LogP contribution in [0.2, 0.25) is 5.02 Å². The predicted octanol–water partition coefficient (Wildman–Crippen LogP) is 4.07. The van der Waals surface area contributed by atoms with Crippen molar-refractivity contribution in [3.8, 4) is 11.3 Å². The molecule has 0 radical (unpaired) electrons. The zero-order valence-electron chi connectivity index (χ0n) is 19.8. The number of nitrogens with one attached hydrogen (secondary N) is 2. The fraction of sp³-hybridized carbons (Fsp3) is 0.375. The highest BCUT2D eigenvalue weighted by Crippen LogP contribution is 2.29. The zero-order chi connectivity index (χ0) is 25.2. The second-order valence-corrected chi connectivity index (χ2v) is 8.22. The monoisotopic (exact) mass is 501 g/mol. The number of hydrogen-bond donors (Lipinski definition) is 3. The van der Waals surface area contributed by atoms with Crippen molar-refractivity contribution in [2.45, 2.75) is 33.1 Å². The minimum atomic E-state index is -0.477. The summed E-state index contributed by atoms with van der Waals surface area (Å²) in [6.07, 6.45) is 2.61. The van der Waals surface area contributed by atoms with Crippen LogP contribution in [0.4, 0.5) is 21.7 Å². The molecule has 1 amide bonds. The number of aromatic nitrogens is 4. The Morgan fingerprint density at radius 1 is 1.11 bits per heavy atom. The van der Waals surface area contributed by atoms with Crippen LogP contribution in [-0.4, -0.2) is 62.3 Å². The molecule has 0 atom stereocenters. The Morgan fingerprint density at radius 3 is 2.63 bits per heavy atom. The van der Waals surface area contributed by atoms with Crippen molar-refractivity contribution in [3.63, 3.8) is 0 Å². The van der Waals surface area contributed by atoms with Crippen LogP contribution in [0, 0.1) is 5.82 Å². The van der Waals surface area contributed by atoms with Gasteiger partial charge in [0, 0.05) is 36.2 Å². The van der Waals surface area contributed by atoms with E-state index < -0.39 is 5.82 Å². The molecule has 1 aromatic carbocycles. The SMILES string of the molecule is CCN(CC)CCC(=O)Nc1cc(Nc2cc(-c3cc(Cl)ccc3F)nnc2CCCO)ncn1. The zero-order valence-corrected chi connectivity index (χ0v) is 20.5. The Kier molecular flexibility index (Phi) is 9.83. The molecule has 35 heavy (non-hydrogen) atoms. The highest BCUT2D eigenvalue weighted by atomic mass is 35.5. The van der Waals surface area contributed by atoms with Gasteiger partial charge in [0.05, 0.1) is 17.1 Å². The lowest BCUT2D eigenvalue weighted by atomic mass is 10.1. The van der Waals surface area contributed by atoms with Gasteiger partial charge in [0.1, 0.15) is 23.8 Å². The number of halogens is 2. The van der Waals surface area contributed by atoms with E-state index in [-0.39, 0.29) is 18.1 Å². The largest absolute Gasteiger partial charge is 0.396 e. The molecule has 9 nitrogen and oxygen atoms in total. The van der Waals surface area contributed by atoms with Crippen LogP contribution < -0.4 is 10.6 Å². The number of carbonyl (C=O) groups excluding carboxylic acids is 1. The molecular formula is C24H29ClFN7O2. The van der Waals surface area contributed by atoms with E-state index in [2.05, 4.69) is 49.5 Å². The van der Waals surface area contributed by atoms with Crippen molar-refractivity contribution in [1.29, 1.82) is 0 Å². The Morgan fingerprint density at radius 2 is 1.89 bits per heavy atom. The average molecular weight is 502 g/mol. The van der Waals surface area contributed by atoms with E-state index in [1.54, 1.807) is 12.1 Å². The van der Waals surface area contributed by atoms with Crippen molar-refractivity contribution < 1.29 is 14.3 Å². The Hall–Kier alpha value is -3.21. The number of hydrogen-bond acceptors (Lipinski definition) is 8. The molecular weight excluding hydrogens is 473 g/mol. The molecule has 0 aliphatic carbocycles. The summed E-state index contributed by atoms with van der Waals surface area (Å²) < 4.78 is 14.4. The lowest BCUT2D eigenvalue weighted by Gasteiger charge is -2.17. The van der Waals surface area contributed by atoms with E-state index in [0.29, 0.717) is 59.5 Å². The fourth-order valence-electron chi connectivity index (χ4n) is 3.42. The maximum Gasteiger partial charge on any atom is 0.226 e. The molecule has 0 saturated heterocycles. The fourth-order valence-corrected chi connectivity index (χ4v) is 3.59. The molecule has 0 fully saturated rings. The first-order chi connectivity index (χ1) is 16.9. The number of rotatable bonds is 12. The van der Waals surface area contributed by atoms with E-state index in [1.807, 2.05) is 0 Å². The highest BCUT2D eigenvalue weighted by Gasteiger charge is 2.14. The molecule has 2 heterocycles. The van der Waals surface area contributed by atoms with Crippen LogP contribution >= 0.6 is 11.6 Å². The molecule has 0 bridgehead atoms. The molecule has 0 aliphatic heterocycles. The number of aryl methyl sites for hydroxylation is 1. The van der Waals surface area contributed by atoms with Crippen LogP contribution in [0.25, 0.3) is 11.3 Å². The third-order valence-electron chi connectivity index (χ3n) is 5.39. The van der Waals surface area contributed by atoms with Crippen molar-refractivity contribution in [2.75, 3.05) is 36.9 Å². The lowest BCUT2D eigenvalue weighted by Crippen LogP contribution is -2.27. The van der Waals surface area contributed by atoms with Gasteiger partial charge in [0.25, 0.3) is 0 Å². The first kappa shape index (κ1) is 26.4. The van der Waals surface area contributed by atoms with Gasteiger partial charge in [0.15, 0.2) is 0 Å². The van der Waals surface area contributed by atoms with E-state index >= 15 is 0 Å². The topological polar surface area (TPSA) is 116 Å². The quantitative estimate of drug-likeness (QED) is 0.340. The van der Waals surface area contributed by atoms with Gasteiger partial charge >= 0.3 is 0 Å². The number of aliphatic hydroxyl groups excluding tert-OH is 1.